The predicted octanol–water partition coefficient (Wildman–Crippen LogP) is 2.45. The van der Waals surface area contributed by atoms with Crippen molar-refractivity contribution in [2.75, 3.05) is 18.5 Å². The second-order valence-corrected chi connectivity index (χ2v) is 6.78. The molecule has 1 saturated heterocycles. The van der Waals surface area contributed by atoms with E-state index in [1.54, 1.807) is 35.2 Å². The number of thiophene rings is 1. The van der Waals surface area contributed by atoms with Crippen molar-refractivity contribution < 1.29 is 24.2 Å². The lowest BCUT2D eigenvalue weighted by molar-refractivity contribution is -0.139. The van der Waals surface area contributed by atoms with Crippen LogP contribution in [0.2, 0.25) is 0 Å². The number of carboxylic acids is 1. The van der Waals surface area contributed by atoms with Gasteiger partial charge in [-0.2, -0.15) is 0 Å². The van der Waals surface area contributed by atoms with Gasteiger partial charge >= 0.3 is 5.97 Å². The fourth-order valence-electron chi connectivity index (χ4n) is 2.83. The molecule has 1 fully saturated rings. The Morgan fingerprint density at radius 1 is 1.23 bits per heavy atom. The molecule has 1 aromatic carbocycles. The summed E-state index contributed by atoms with van der Waals surface area (Å²) in [6.07, 6.45) is 1.42. The minimum Gasteiger partial charge on any atom is -0.482 e. The first-order valence-electron chi connectivity index (χ1n) is 8.14. The first-order valence-corrected chi connectivity index (χ1v) is 9.02. The fraction of sp³-hybridized carbons (Fsp3) is 0.278. The van der Waals surface area contributed by atoms with Crippen molar-refractivity contribution in [2.24, 2.45) is 0 Å². The number of carboxylic acid groups (broad SMARTS) is 1. The van der Waals surface area contributed by atoms with Crippen LogP contribution in [0.1, 0.15) is 22.5 Å². The lowest BCUT2D eigenvalue weighted by Gasteiger charge is -2.23. The lowest BCUT2D eigenvalue weighted by atomic mass is 10.2. The Morgan fingerprint density at radius 2 is 2.00 bits per heavy atom. The molecule has 2 amide bonds. The van der Waals surface area contributed by atoms with Crippen LogP contribution in [-0.4, -0.2) is 47.0 Å². The van der Waals surface area contributed by atoms with Gasteiger partial charge in [0, 0.05) is 12.2 Å². The Morgan fingerprint density at radius 3 is 2.65 bits per heavy atom. The van der Waals surface area contributed by atoms with Crippen molar-refractivity contribution in [3.05, 3.63) is 46.7 Å². The number of nitrogens with zero attached hydrogens (tertiary/aromatic N) is 1. The Hall–Kier alpha value is -2.87. The molecule has 1 aliphatic heterocycles. The molecule has 7 nitrogen and oxygen atoms in total. The third kappa shape index (κ3) is 4.20. The number of anilines is 1. The average molecular weight is 374 g/mol. The van der Waals surface area contributed by atoms with Crippen LogP contribution in [0.4, 0.5) is 5.69 Å². The van der Waals surface area contributed by atoms with Crippen molar-refractivity contribution in [1.29, 1.82) is 0 Å². The number of likely N-dealkylation sites (tertiary alicyclic amines) is 1. The van der Waals surface area contributed by atoms with E-state index in [4.69, 9.17) is 9.84 Å². The molecular formula is C18H18N2O5S. The number of nitrogens with one attached hydrogen (secondary N) is 1. The molecule has 0 spiro atoms. The molecule has 1 atom stereocenters. The quantitative estimate of drug-likeness (QED) is 0.810. The number of carbonyl (C=O) groups is 3. The number of hydrogen-bond donors (Lipinski definition) is 2. The number of benzene rings is 1. The number of aliphatic carboxylic acids is 1. The summed E-state index contributed by atoms with van der Waals surface area (Å²) in [6.45, 7) is 0.143. The van der Waals surface area contributed by atoms with Crippen LogP contribution < -0.4 is 10.1 Å². The zero-order valence-corrected chi connectivity index (χ0v) is 14.7. The molecular weight excluding hydrogens is 356 g/mol. The third-order valence-electron chi connectivity index (χ3n) is 4.03. The molecule has 0 saturated carbocycles. The van der Waals surface area contributed by atoms with Gasteiger partial charge in [-0.3, -0.25) is 9.59 Å². The summed E-state index contributed by atoms with van der Waals surface area (Å²) in [5, 5.41) is 13.2. The van der Waals surface area contributed by atoms with Gasteiger partial charge in [-0.25, -0.2) is 4.79 Å². The minimum absolute atomic E-state index is 0.116. The van der Waals surface area contributed by atoms with Gasteiger partial charge in [0.1, 0.15) is 11.8 Å². The standard InChI is InChI=1S/C18H18N2O5S/c21-16(22)11-25-13-7-5-12(6-8-13)19-17(23)14-3-1-9-20(14)18(24)15-4-2-10-26-15/h2,4-8,10,14H,1,3,9,11H2,(H,19,23)(H,21,22). The van der Waals surface area contributed by atoms with Crippen LogP contribution in [0.3, 0.4) is 0 Å². The predicted molar refractivity (Wildman–Crippen MR) is 96.6 cm³/mol. The Bertz CT molecular complexity index is 788. The van der Waals surface area contributed by atoms with Gasteiger partial charge in [0.25, 0.3) is 5.91 Å². The van der Waals surface area contributed by atoms with Crippen LogP contribution in [0, 0.1) is 0 Å². The van der Waals surface area contributed by atoms with Crippen LogP contribution in [-0.2, 0) is 9.59 Å². The monoisotopic (exact) mass is 374 g/mol. The van der Waals surface area contributed by atoms with Crippen molar-refractivity contribution in [3.8, 4) is 5.75 Å². The maximum absolute atomic E-state index is 12.6. The molecule has 0 bridgehead atoms. The normalized spacial score (nSPS) is 16.3. The van der Waals surface area contributed by atoms with E-state index in [1.165, 1.54) is 11.3 Å². The Kier molecular flexibility index (Phi) is 5.52. The van der Waals surface area contributed by atoms with E-state index in [0.717, 1.165) is 6.42 Å². The Balaban J connectivity index is 1.61. The number of carbonyl (C=O) groups excluding carboxylic acids is 2. The highest BCUT2D eigenvalue weighted by molar-refractivity contribution is 7.12. The maximum atomic E-state index is 12.6. The van der Waals surface area contributed by atoms with E-state index in [2.05, 4.69) is 5.32 Å². The van der Waals surface area contributed by atoms with Crippen molar-refractivity contribution >= 4 is 34.8 Å². The van der Waals surface area contributed by atoms with E-state index in [0.29, 0.717) is 29.3 Å². The van der Waals surface area contributed by atoms with Crippen molar-refractivity contribution in [3.63, 3.8) is 0 Å². The summed E-state index contributed by atoms with van der Waals surface area (Å²) in [6, 6.07) is 9.52. The van der Waals surface area contributed by atoms with E-state index < -0.39 is 18.6 Å². The molecule has 2 N–H and O–H groups in total. The van der Waals surface area contributed by atoms with Crippen LogP contribution in [0.5, 0.6) is 5.75 Å². The largest absolute Gasteiger partial charge is 0.482 e. The first kappa shape index (κ1) is 17.9. The number of rotatable bonds is 6. The lowest BCUT2D eigenvalue weighted by Crippen LogP contribution is -2.42. The van der Waals surface area contributed by atoms with E-state index in [1.807, 2.05) is 11.4 Å². The fourth-order valence-corrected chi connectivity index (χ4v) is 3.51. The molecule has 0 aliphatic carbocycles. The van der Waals surface area contributed by atoms with Gasteiger partial charge in [-0.1, -0.05) is 6.07 Å². The van der Waals surface area contributed by atoms with E-state index in [-0.39, 0.29) is 11.8 Å². The number of hydrogen-bond acceptors (Lipinski definition) is 5. The van der Waals surface area contributed by atoms with Crippen LogP contribution >= 0.6 is 11.3 Å². The molecule has 1 aliphatic rings. The van der Waals surface area contributed by atoms with Crippen molar-refractivity contribution in [1.82, 2.24) is 4.90 Å². The highest BCUT2D eigenvalue weighted by atomic mass is 32.1. The molecule has 1 unspecified atom stereocenters. The minimum atomic E-state index is -1.06. The summed E-state index contributed by atoms with van der Waals surface area (Å²) in [4.78, 5) is 37.9. The molecule has 26 heavy (non-hydrogen) atoms. The smallest absolute Gasteiger partial charge is 0.341 e. The number of ether oxygens (including phenoxy) is 1. The topological polar surface area (TPSA) is 95.9 Å². The number of amides is 2. The average Bonchev–Trinajstić information content (AvgIpc) is 3.32. The highest BCUT2D eigenvalue weighted by Gasteiger charge is 2.34. The molecule has 3 rings (SSSR count). The molecule has 8 heteroatoms. The van der Waals surface area contributed by atoms with Crippen molar-refractivity contribution in [2.45, 2.75) is 18.9 Å². The summed E-state index contributed by atoms with van der Waals surface area (Å²) in [5.41, 5.74) is 0.563. The van der Waals surface area contributed by atoms with E-state index in [9.17, 15) is 14.4 Å². The zero-order chi connectivity index (χ0) is 18.5. The SMILES string of the molecule is O=C(O)COc1ccc(NC(=O)C2CCCN2C(=O)c2cccs2)cc1. The second kappa shape index (κ2) is 8.01. The summed E-state index contributed by atoms with van der Waals surface area (Å²) >= 11 is 1.37. The van der Waals surface area contributed by atoms with Gasteiger partial charge < -0.3 is 20.1 Å². The highest BCUT2D eigenvalue weighted by Crippen LogP contribution is 2.24. The van der Waals surface area contributed by atoms with Crippen LogP contribution in [0.25, 0.3) is 0 Å². The molecule has 2 aromatic rings. The summed E-state index contributed by atoms with van der Waals surface area (Å²) in [7, 11) is 0. The molecule has 136 valence electrons. The third-order valence-corrected chi connectivity index (χ3v) is 4.89. The first-order chi connectivity index (χ1) is 12.5. The van der Waals surface area contributed by atoms with Crippen LogP contribution in [0.15, 0.2) is 41.8 Å². The van der Waals surface area contributed by atoms with E-state index >= 15 is 0 Å². The molecule has 2 heterocycles. The second-order valence-electron chi connectivity index (χ2n) is 5.83. The molecule has 0 radical (unpaired) electrons. The summed E-state index contributed by atoms with van der Waals surface area (Å²) in [5.74, 6) is -0.999. The maximum Gasteiger partial charge on any atom is 0.341 e. The Labute approximate surface area is 154 Å². The van der Waals surface area contributed by atoms with Gasteiger partial charge in [-0.15, -0.1) is 11.3 Å². The zero-order valence-electron chi connectivity index (χ0n) is 13.9. The van der Waals surface area contributed by atoms with Gasteiger partial charge in [0.05, 0.1) is 4.88 Å². The molecule has 1 aromatic heterocycles. The van der Waals surface area contributed by atoms with Gasteiger partial charge in [0.2, 0.25) is 5.91 Å². The summed E-state index contributed by atoms with van der Waals surface area (Å²) < 4.78 is 5.05. The van der Waals surface area contributed by atoms with Gasteiger partial charge in [0.15, 0.2) is 6.61 Å². The van der Waals surface area contributed by atoms with Gasteiger partial charge in [-0.05, 0) is 48.6 Å².